The van der Waals surface area contributed by atoms with E-state index in [0.29, 0.717) is 31.6 Å². The third-order valence-electron chi connectivity index (χ3n) is 4.25. The Labute approximate surface area is 139 Å². The second kappa shape index (κ2) is 6.84. The zero-order chi connectivity index (χ0) is 17.0. The van der Waals surface area contributed by atoms with Crippen molar-refractivity contribution in [3.8, 4) is 5.69 Å². The van der Waals surface area contributed by atoms with Crippen LogP contribution >= 0.6 is 0 Å². The molecule has 0 atom stereocenters. The molecule has 2 N–H and O–H groups in total. The lowest BCUT2D eigenvalue weighted by Gasteiger charge is -2.36. The Balaban J connectivity index is 1.74. The number of imidazole rings is 1. The molecule has 24 heavy (non-hydrogen) atoms. The Hall–Kier alpha value is -2.67. The van der Waals surface area contributed by atoms with E-state index in [2.05, 4.69) is 10.3 Å². The molecule has 1 aliphatic heterocycles. The van der Waals surface area contributed by atoms with E-state index in [0.717, 1.165) is 5.69 Å². The predicted octanol–water partition coefficient (Wildman–Crippen LogP) is 1.63. The van der Waals surface area contributed by atoms with E-state index in [1.807, 2.05) is 22.9 Å². The summed E-state index contributed by atoms with van der Waals surface area (Å²) < 4.78 is 7.14. The second-order valence-electron chi connectivity index (χ2n) is 5.93. The minimum atomic E-state index is -0.923. The molecule has 3 rings (SSSR count). The Morgan fingerprint density at radius 2 is 1.96 bits per heavy atom. The number of hydrogen-bond donors (Lipinski definition) is 2. The molecule has 1 saturated heterocycles. The number of amides is 1. The first-order valence-corrected chi connectivity index (χ1v) is 7.78. The molecule has 7 nitrogen and oxygen atoms in total. The van der Waals surface area contributed by atoms with Crippen LogP contribution in [0.1, 0.15) is 29.6 Å². The number of rotatable bonds is 5. The molecule has 1 amide bonds. The first-order valence-electron chi connectivity index (χ1n) is 7.78. The van der Waals surface area contributed by atoms with Crippen LogP contribution in [0, 0.1) is 0 Å². The van der Waals surface area contributed by atoms with Crippen LogP contribution in [-0.2, 0) is 9.53 Å². The van der Waals surface area contributed by atoms with Crippen LogP contribution in [0.15, 0.2) is 43.0 Å². The monoisotopic (exact) mass is 329 g/mol. The predicted molar refractivity (Wildman–Crippen MR) is 86.1 cm³/mol. The Morgan fingerprint density at radius 1 is 1.25 bits per heavy atom. The largest absolute Gasteiger partial charge is 0.481 e. The Kier molecular flexibility index (Phi) is 4.61. The number of carboxylic acid groups (broad SMARTS) is 1. The summed E-state index contributed by atoms with van der Waals surface area (Å²) in [6, 6.07) is 7.09. The molecule has 7 heteroatoms. The number of nitrogens with one attached hydrogen (secondary N) is 1. The highest BCUT2D eigenvalue weighted by atomic mass is 16.5. The van der Waals surface area contributed by atoms with Gasteiger partial charge in [-0.3, -0.25) is 9.59 Å². The van der Waals surface area contributed by atoms with Crippen molar-refractivity contribution in [1.82, 2.24) is 14.9 Å². The first kappa shape index (κ1) is 16.2. The van der Waals surface area contributed by atoms with Gasteiger partial charge >= 0.3 is 5.97 Å². The van der Waals surface area contributed by atoms with Gasteiger partial charge in [-0.1, -0.05) is 0 Å². The third kappa shape index (κ3) is 3.62. The van der Waals surface area contributed by atoms with Gasteiger partial charge in [0.1, 0.15) is 0 Å². The van der Waals surface area contributed by atoms with Gasteiger partial charge in [0.25, 0.3) is 5.91 Å². The summed E-state index contributed by atoms with van der Waals surface area (Å²) in [6.45, 7) is 0.903. The summed E-state index contributed by atoms with van der Waals surface area (Å²) in [7, 11) is 0. The van der Waals surface area contributed by atoms with E-state index in [1.165, 1.54) is 0 Å². The van der Waals surface area contributed by atoms with E-state index >= 15 is 0 Å². The highest BCUT2D eigenvalue weighted by Gasteiger charge is 2.36. The summed E-state index contributed by atoms with van der Waals surface area (Å²) >= 11 is 0. The van der Waals surface area contributed by atoms with Gasteiger partial charge in [0.15, 0.2) is 0 Å². The molecule has 1 aromatic carbocycles. The Bertz CT molecular complexity index is 704. The molecule has 0 spiro atoms. The number of carbonyl (C=O) groups excluding carboxylic acids is 1. The van der Waals surface area contributed by atoms with Crippen molar-refractivity contribution in [2.75, 3.05) is 13.2 Å². The molecular weight excluding hydrogens is 310 g/mol. The van der Waals surface area contributed by atoms with Gasteiger partial charge < -0.3 is 19.7 Å². The maximum absolute atomic E-state index is 12.5. The number of carboxylic acids is 1. The summed E-state index contributed by atoms with van der Waals surface area (Å²) in [5, 5.41) is 12.1. The number of aliphatic carboxylic acids is 1. The molecule has 0 radical (unpaired) electrons. The fourth-order valence-electron chi connectivity index (χ4n) is 2.91. The van der Waals surface area contributed by atoms with Gasteiger partial charge in [-0.15, -0.1) is 0 Å². The van der Waals surface area contributed by atoms with Crippen LogP contribution in [-0.4, -0.2) is 45.3 Å². The Morgan fingerprint density at radius 3 is 2.54 bits per heavy atom. The molecule has 1 aromatic heterocycles. The quantitative estimate of drug-likeness (QED) is 0.869. The average Bonchev–Trinajstić information content (AvgIpc) is 3.09. The number of nitrogens with zero attached hydrogens (tertiary/aromatic N) is 2. The van der Waals surface area contributed by atoms with E-state index in [9.17, 15) is 9.59 Å². The molecule has 0 unspecified atom stereocenters. The number of carbonyl (C=O) groups is 2. The van der Waals surface area contributed by atoms with Crippen LogP contribution in [0.25, 0.3) is 5.69 Å². The first-order chi connectivity index (χ1) is 11.6. The van der Waals surface area contributed by atoms with Crippen LogP contribution in [0.5, 0.6) is 0 Å². The van der Waals surface area contributed by atoms with Gasteiger partial charge in [0.05, 0.1) is 18.3 Å². The smallest absolute Gasteiger partial charge is 0.305 e. The van der Waals surface area contributed by atoms with Crippen LogP contribution in [0.3, 0.4) is 0 Å². The van der Waals surface area contributed by atoms with Crippen molar-refractivity contribution in [2.45, 2.75) is 24.8 Å². The van der Waals surface area contributed by atoms with Crippen molar-refractivity contribution in [3.05, 3.63) is 48.5 Å². The number of hydrogen-bond acceptors (Lipinski definition) is 4. The topological polar surface area (TPSA) is 93.5 Å². The molecule has 0 bridgehead atoms. The highest BCUT2D eigenvalue weighted by molar-refractivity contribution is 5.95. The summed E-state index contributed by atoms with van der Waals surface area (Å²) in [6.07, 6.45) is 6.07. The zero-order valence-electron chi connectivity index (χ0n) is 13.1. The van der Waals surface area contributed by atoms with Crippen molar-refractivity contribution >= 4 is 11.9 Å². The zero-order valence-corrected chi connectivity index (χ0v) is 13.1. The highest BCUT2D eigenvalue weighted by Crippen LogP contribution is 2.25. The number of aromatic nitrogens is 2. The van der Waals surface area contributed by atoms with Gasteiger partial charge in [-0.25, -0.2) is 4.98 Å². The lowest BCUT2D eigenvalue weighted by atomic mass is 9.86. The maximum atomic E-state index is 12.5. The molecule has 2 heterocycles. The summed E-state index contributed by atoms with van der Waals surface area (Å²) in [5.41, 5.74) is 0.648. The summed E-state index contributed by atoms with van der Waals surface area (Å²) in [5.74, 6) is -1.19. The SMILES string of the molecule is O=C(O)CC1(NC(=O)c2ccc(-n3ccnc3)cc2)CCOCC1. The van der Waals surface area contributed by atoms with E-state index < -0.39 is 11.5 Å². The molecule has 1 fully saturated rings. The van der Waals surface area contributed by atoms with Gasteiger partial charge in [-0.05, 0) is 37.1 Å². The van der Waals surface area contributed by atoms with Crippen LogP contribution in [0.4, 0.5) is 0 Å². The van der Waals surface area contributed by atoms with Crippen molar-refractivity contribution < 1.29 is 19.4 Å². The summed E-state index contributed by atoms with van der Waals surface area (Å²) in [4.78, 5) is 27.7. The third-order valence-corrected chi connectivity index (χ3v) is 4.25. The minimum Gasteiger partial charge on any atom is -0.481 e. The maximum Gasteiger partial charge on any atom is 0.305 e. The number of ether oxygens (including phenoxy) is 1. The van der Waals surface area contributed by atoms with Crippen molar-refractivity contribution in [1.29, 1.82) is 0 Å². The molecule has 0 aliphatic carbocycles. The second-order valence-corrected chi connectivity index (χ2v) is 5.93. The minimum absolute atomic E-state index is 0.102. The lowest BCUT2D eigenvalue weighted by molar-refractivity contribution is -0.139. The molecule has 126 valence electrons. The molecule has 0 saturated carbocycles. The fraction of sp³-hybridized carbons (Fsp3) is 0.353. The van der Waals surface area contributed by atoms with E-state index in [-0.39, 0.29) is 12.3 Å². The molecule has 1 aliphatic rings. The van der Waals surface area contributed by atoms with Crippen molar-refractivity contribution in [2.24, 2.45) is 0 Å². The normalized spacial score (nSPS) is 16.5. The molecule has 2 aromatic rings. The van der Waals surface area contributed by atoms with E-state index in [1.54, 1.807) is 24.7 Å². The van der Waals surface area contributed by atoms with E-state index in [4.69, 9.17) is 9.84 Å². The molecular formula is C17H19N3O4. The number of benzene rings is 1. The van der Waals surface area contributed by atoms with Gasteiger partial charge in [-0.2, -0.15) is 0 Å². The van der Waals surface area contributed by atoms with Gasteiger partial charge in [0.2, 0.25) is 0 Å². The van der Waals surface area contributed by atoms with Crippen LogP contribution < -0.4 is 5.32 Å². The van der Waals surface area contributed by atoms with Gasteiger partial charge in [0, 0.05) is 36.9 Å². The standard InChI is InChI=1S/C17H19N3O4/c21-15(22)11-17(5-9-24-10-6-17)19-16(23)13-1-3-14(4-2-13)20-8-7-18-12-20/h1-4,7-8,12H,5-6,9-11H2,(H,19,23)(H,21,22). The fourth-order valence-corrected chi connectivity index (χ4v) is 2.91. The van der Waals surface area contributed by atoms with Crippen molar-refractivity contribution in [3.63, 3.8) is 0 Å². The lowest BCUT2D eigenvalue weighted by Crippen LogP contribution is -2.53. The van der Waals surface area contributed by atoms with Crippen LogP contribution in [0.2, 0.25) is 0 Å². The average molecular weight is 329 g/mol.